The van der Waals surface area contributed by atoms with Crippen LogP contribution in [0.4, 0.5) is 23.2 Å². The van der Waals surface area contributed by atoms with Gasteiger partial charge in [-0.15, -0.1) is 13.2 Å². The number of likely N-dealkylation sites (tertiary alicyclic amines) is 1. The van der Waals surface area contributed by atoms with Gasteiger partial charge in [-0.2, -0.15) is 0 Å². The average Bonchev–Trinajstić information content (AvgIpc) is 3.13. The predicted octanol–water partition coefficient (Wildman–Crippen LogP) is 3.93. The Morgan fingerprint density at radius 2 is 1.90 bits per heavy atom. The minimum atomic E-state index is -4.76. The number of alkyl halides is 3. The number of halogens is 4. The van der Waals surface area contributed by atoms with E-state index in [0.29, 0.717) is 30.8 Å². The Bertz CT molecular complexity index is 959. The maximum absolute atomic E-state index is 13.8. The molecule has 1 aromatic heterocycles. The highest BCUT2D eigenvalue weighted by Crippen LogP contribution is 2.35. The molecule has 2 aliphatic heterocycles. The molecule has 9 heteroatoms. The number of aromatic nitrogens is 1. The van der Waals surface area contributed by atoms with E-state index in [1.165, 1.54) is 30.3 Å². The fourth-order valence-electron chi connectivity index (χ4n) is 3.78. The summed E-state index contributed by atoms with van der Waals surface area (Å²) in [7, 11) is 0. The molecule has 1 fully saturated rings. The van der Waals surface area contributed by atoms with Crippen molar-refractivity contribution in [2.24, 2.45) is 0 Å². The third kappa shape index (κ3) is 4.47. The van der Waals surface area contributed by atoms with Gasteiger partial charge in [-0.05, 0) is 48.4 Å². The third-order valence-electron chi connectivity index (χ3n) is 5.01. The zero-order valence-corrected chi connectivity index (χ0v) is 15.8. The smallest absolute Gasteiger partial charge is 0.406 e. The summed E-state index contributed by atoms with van der Waals surface area (Å²) in [5.74, 6) is -0.783. The van der Waals surface area contributed by atoms with Gasteiger partial charge < -0.3 is 14.7 Å². The van der Waals surface area contributed by atoms with E-state index in [-0.39, 0.29) is 11.9 Å². The summed E-state index contributed by atoms with van der Waals surface area (Å²) in [6.07, 6.45) is 3.08. The minimum absolute atomic E-state index is 0.314. The lowest BCUT2D eigenvalue weighted by Gasteiger charge is -2.40. The van der Waals surface area contributed by atoms with Gasteiger partial charge in [0.1, 0.15) is 17.7 Å². The Labute approximate surface area is 170 Å². The second-order valence-corrected chi connectivity index (χ2v) is 7.12. The Hall–Kier alpha value is -2.91. The Morgan fingerprint density at radius 1 is 1.13 bits per heavy atom. The van der Waals surface area contributed by atoms with Crippen LogP contribution in [-0.2, 0) is 0 Å². The second kappa shape index (κ2) is 8.08. The van der Waals surface area contributed by atoms with Crippen molar-refractivity contribution in [2.75, 3.05) is 18.0 Å². The quantitative estimate of drug-likeness (QED) is 0.759. The highest BCUT2D eigenvalue weighted by Gasteiger charge is 2.35. The number of pyridine rings is 1. The molecule has 2 atom stereocenters. The number of allylic oxidation sites excluding steroid dienone is 2. The minimum Gasteiger partial charge on any atom is -0.406 e. The van der Waals surface area contributed by atoms with Crippen LogP contribution >= 0.6 is 0 Å². The van der Waals surface area contributed by atoms with Gasteiger partial charge in [-0.3, -0.25) is 9.88 Å². The summed E-state index contributed by atoms with van der Waals surface area (Å²) in [5.41, 5.74) is 1.99. The number of anilines is 1. The van der Waals surface area contributed by atoms with Gasteiger partial charge in [0.25, 0.3) is 0 Å². The molecule has 0 aliphatic carbocycles. The summed E-state index contributed by atoms with van der Waals surface area (Å²) < 4.78 is 55.1. The fraction of sp³-hybridized carbons (Fsp3) is 0.286. The molecule has 3 heterocycles. The van der Waals surface area contributed by atoms with Gasteiger partial charge in [-0.25, -0.2) is 4.39 Å². The molecular formula is C21H19F4N3O2. The van der Waals surface area contributed by atoms with Crippen molar-refractivity contribution in [3.8, 4) is 5.75 Å². The molecule has 158 valence electrons. The molecule has 1 aromatic carbocycles. The summed E-state index contributed by atoms with van der Waals surface area (Å²) in [6.45, 7) is 1.04. The molecule has 2 aromatic rings. The van der Waals surface area contributed by atoms with Crippen LogP contribution in [0.2, 0.25) is 0 Å². The highest BCUT2D eigenvalue weighted by atomic mass is 19.4. The second-order valence-electron chi connectivity index (χ2n) is 7.12. The average molecular weight is 421 g/mol. The molecule has 30 heavy (non-hydrogen) atoms. The van der Waals surface area contributed by atoms with Crippen LogP contribution in [0.1, 0.15) is 12.0 Å². The van der Waals surface area contributed by atoms with Crippen molar-refractivity contribution in [2.45, 2.75) is 25.1 Å². The number of aliphatic hydroxyl groups excluding tert-OH is 1. The number of hydrogen-bond donors (Lipinski definition) is 1. The lowest BCUT2D eigenvalue weighted by Crippen LogP contribution is -2.47. The molecule has 5 nitrogen and oxygen atoms in total. The van der Waals surface area contributed by atoms with Gasteiger partial charge in [0.15, 0.2) is 0 Å². The lowest BCUT2D eigenvalue weighted by atomic mass is 9.99. The zero-order valence-electron chi connectivity index (χ0n) is 15.8. The number of aliphatic hydroxyl groups is 1. The number of rotatable bonds is 4. The first-order valence-corrected chi connectivity index (χ1v) is 9.36. The van der Waals surface area contributed by atoms with Crippen LogP contribution in [-0.4, -0.2) is 46.7 Å². The van der Waals surface area contributed by atoms with Gasteiger partial charge >= 0.3 is 6.36 Å². The van der Waals surface area contributed by atoms with Crippen molar-refractivity contribution in [1.29, 1.82) is 0 Å². The van der Waals surface area contributed by atoms with Crippen LogP contribution < -0.4 is 9.64 Å². The first-order chi connectivity index (χ1) is 14.3. The van der Waals surface area contributed by atoms with E-state index in [4.69, 9.17) is 0 Å². The Kier molecular flexibility index (Phi) is 5.48. The van der Waals surface area contributed by atoms with Crippen molar-refractivity contribution in [1.82, 2.24) is 9.88 Å². The van der Waals surface area contributed by atoms with Crippen LogP contribution in [0.25, 0.3) is 5.57 Å². The van der Waals surface area contributed by atoms with E-state index >= 15 is 0 Å². The molecule has 0 amide bonds. The van der Waals surface area contributed by atoms with Crippen LogP contribution in [0.3, 0.4) is 0 Å². The summed E-state index contributed by atoms with van der Waals surface area (Å²) >= 11 is 0. The monoisotopic (exact) mass is 421 g/mol. The summed E-state index contributed by atoms with van der Waals surface area (Å²) in [5, 5.41) is 10.0. The van der Waals surface area contributed by atoms with Crippen LogP contribution in [0.5, 0.6) is 5.75 Å². The number of hydrogen-bond acceptors (Lipinski definition) is 5. The maximum Gasteiger partial charge on any atom is 0.573 e. The molecule has 4 rings (SSSR count). The van der Waals surface area contributed by atoms with Gasteiger partial charge in [0.05, 0.1) is 12.3 Å². The van der Waals surface area contributed by atoms with E-state index in [0.717, 1.165) is 11.8 Å². The standard InChI is InChI=1S/C21H19F4N3O2/c22-15-10-14(11-26-12-15)19-2-1-8-28(20(19)27-9-7-17(29)13-27)16-3-5-18(6-4-16)30-21(23,24)25/h1-6,8,10-12,17,20,29H,7,9,13H2/t17?,20-/m1/s1. The van der Waals surface area contributed by atoms with Gasteiger partial charge in [0.2, 0.25) is 0 Å². The molecule has 1 saturated heterocycles. The van der Waals surface area contributed by atoms with E-state index in [1.54, 1.807) is 18.5 Å². The van der Waals surface area contributed by atoms with Crippen molar-refractivity contribution < 1.29 is 27.4 Å². The highest BCUT2D eigenvalue weighted by molar-refractivity contribution is 5.76. The maximum atomic E-state index is 13.8. The lowest BCUT2D eigenvalue weighted by molar-refractivity contribution is -0.274. The Balaban J connectivity index is 1.68. The van der Waals surface area contributed by atoms with E-state index in [9.17, 15) is 22.7 Å². The summed E-state index contributed by atoms with van der Waals surface area (Å²) in [6, 6.07) is 6.92. The van der Waals surface area contributed by atoms with Crippen LogP contribution in [0, 0.1) is 5.82 Å². The first kappa shape index (κ1) is 20.4. The van der Waals surface area contributed by atoms with E-state index in [2.05, 4.69) is 9.72 Å². The Morgan fingerprint density at radius 3 is 2.53 bits per heavy atom. The summed E-state index contributed by atoms with van der Waals surface area (Å²) in [4.78, 5) is 7.85. The number of β-amino-alcohol motifs (C(OH)–C–C–N with tert-alkyl or cyclic N) is 1. The third-order valence-corrected chi connectivity index (χ3v) is 5.01. The molecule has 0 spiro atoms. The van der Waals surface area contributed by atoms with Crippen molar-refractivity contribution >= 4 is 11.3 Å². The van der Waals surface area contributed by atoms with Crippen molar-refractivity contribution in [3.63, 3.8) is 0 Å². The molecule has 0 radical (unpaired) electrons. The van der Waals surface area contributed by atoms with Gasteiger partial charge in [-0.1, -0.05) is 6.08 Å². The topological polar surface area (TPSA) is 48.8 Å². The molecule has 0 saturated carbocycles. The molecular weight excluding hydrogens is 402 g/mol. The first-order valence-electron chi connectivity index (χ1n) is 9.36. The SMILES string of the molecule is OC1CCN([C@H]2C(c3cncc(F)c3)=CC=CN2c2ccc(OC(F)(F)F)cc2)C1. The van der Waals surface area contributed by atoms with Crippen molar-refractivity contribution in [3.05, 3.63) is 72.5 Å². The van der Waals surface area contributed by atoms with E-state index < -0.39 is 18.3 Å². The van der Waals surface area contributed by atoms with Crippen LogP contribution in [0.15, 0.2) is 61.1 Å². The number of ether oxygens (including phenoxy) is 1. The zero-order chi connectivity index (χ0) is 21.3. The largest absolute Gasteiger partial charge is 0.573 e. The predicted molar refractivity (Wildman–Crippen MR) is 103 cm³/mol. The van der Waals surface area contributed by atoms with Gasteiger partial charge in [0, 0.05) is 36.7 Å². The normalized spacial score (nSPS) is 22.3. The molecule has 0 bridgehead atoms. The molecule has 1 N–H and O–H groups in total. The number of nitrogens with zero attached hydrogens (tertiary/aromatic N) is 3. The van der Waals surface area contributed by atoms with E-state index in [1.807, 2.05) is 15.9 Å². The number of benzene rings is 1. The molecule has 2 aliphatic rings. The fourth-order valence-corrected chi connectivity index (χ4v) is 3.78. The molecule has 1 unspecified atom stereocenters.